The molecule has 21 heavy (non-hydrogen) atoms. The molecular formula is C16H19N5. The van der Waals surface area contributed by atoms with Gasteiger partial charge in [0.15, 0.2) is 5.82 Å². The summed E-state index contributed by atoms with van der Waals surface area (Å²) in [7, 11) is 3.91. The third-order valence-electron chi connectivity index (χ3n) is 4.06. The predicted molar refractivity (Wildman–Crippen MR) is 84.6 cm³/mol. The first-order valence-electron chi connectivity index (χ1n) is 7.02. The molecule has 0 unspecified atom stereocenters. The van der Waals surface area contributed by atoms with Crippen LogP contribution in [0.3, 0.4) is 0 Å². The van der Waals surface area contributed by atoms with Crippen molar-refractivity contribution in [2.75, 3.05) is 12.4 Å². The van der Waals surface area contributed by atoms with E-state index >= 15 is 0 Å². The van der Waals surface area contributed by atoms with Crippen molar-refractivity contribution in [3.05, 3.63) is 46.9 Å². The fourth-order valence-electron chi connectivity index (χ4n) is 2.56. The largest absolute Gasteiger partial charge is 0.371 e. The number of imidazole rings is 1. The van der Waals surface area contributed by atoms with E-state index in [0.717, 1.165) is 33.9 Å². The van der Waals surface area contributed by atoms with Crippen LogP contribution in [0.1, 0.15) is 22.6 Å². The van der Waals surface area contributed by atoms with Gasteiger partial charge < -0.3 is 9.88 Å². The summed E-state index contributed by atoms with van der Waals surface area (Å²) >= 11 is 0. The molecule has 108 valence electrons. The Morgan fingerprint density at radius 3 is 2.57 bits per heavy atom. The van der Waals surface area contributed by atoms with E-state index in [4.69, 9.17) is 4.98 Å². The predicted octanol–water partition coefficient (Wildman–Crippen LogP) is 2.61. The van der Waals surface area contributed by atoms with Crippen LogP contribution >= 0.6 is 0 Å². The maximum Gasteiger partial charge on any atom is 0.151 e. The Bertz CT molecular complexity index is 804. The molecule has 5 nitrogen and oxygen atoms in total. The Morgan fingerprint density at radius 1 is 1.10 bits per heavy atom. The Morgan fingerprint density at radius 2 is 1.86 bits per heavy atom. The van der Waals surface area contributed by atoms with E-state index in [9.17, 15) is 0 Å². The first-order valence-corrected chi connectivity index (χ1v) is 7.02. The monoisotopic (exact) mass is 281 g/mol. The van der Waals surface area contributed by atoms with Crippen LogP contribution in [0.15, 0.2) is 24.3 Å². The van der Waals surface area contributed by atoms with Crippen molar-refractivity contribution in [1.29, 1.82) is 0 Å². The number of fused-ring (bicyclic) bond motifs is 1. The zero-order valence-electron chi connectivity index (χ0n) is 12.8. The maximum atomic E-state index is 4.70. The summed E-state index contributed by atoms with van der Waals surface area (Å²) < 4.78 is 2.12. The van der Waals surface area contributed by atoms with Crippen LogP contribution in [0.5, 0.6) is 0 Å². The SMILES string of the molecule is CNc1nnc(Cc2nc3ccccc3n2C)c(C)c1C. The van der Waals surface area contributed by atoms with Gasteiger partial charge in [-0.2, -0.15) is 5.10 Å². The first-order chi connectivity index (χ1) is 10.1. The van der Waals surface area contributed by atoms with Gasteiger partial charge in [0.25, 0.3) is 0 Å². The average Bonchev–Trinajstić information content (AvgIpc) is 2.81. The van der Waals surface area contributed by atoms with Gasteiger partial charge in [0.1, 0.15) is 5.82 Å². The molecule has 3 rings (SSSR count). The minimum absolute atomic E-state index is 0.689. The smallest absolute Gasteiger partial charge is 0.151 e. The quantitative estimate of drug-likeness (QED) is 0.802. The zero-order valence-corrected chi connectivity index (χ0v) is 12.8. The number of aryl methyl sites for hydroxylation is 1. The van der Waals surface area contributed by atoms with Gasteiger partial charge in [-0.05, 0) is 37.1 Å². The number of aromatic nitrogens is 4. The average molecular weight is 281 g/mol. The summed E-state index contributed by atoms with van der Waals surface area (Å²) in [6, 6.07) is 8.16. The number of hydrogen-bond donors (Lipinski definition) is 1. The normalized spacial score (nSPS) is 11.0. The van der Waals surface area contributed by atoms with Crippen molar-refractivity contribution in [2.24, 2.45) is 7.05 Å². The third kappa shape index (κ3) is 2.24. The highest BCUT2D eigenvalue weighted by molar-refractivity contribution is 5.75. The first kappa shape index (κ1) is 13.5. The van der Waals surface area contributed by atoms with Crippen LogP contribution in [0, 0.1) is 13.8 Å². The Labute approximate surface area is 124 Å². The number of hydrogen-bond acceptors (Lipinski definition) is 4. The fourth-order valence-corrected chi connectivity index (χ4v) is 2.56. The number of rotatable bonds is 3. The Hall–Kier alpha value is -2.43. The molecule has 0 bridgehead atoms. The van der Waals surface area contributed by atoms with E-state index in [1.54, 1.807) is 0 Å². The molecule has 5 heteroatoms. The van der Waals surface area contributed by atoms with E-state index in [0.29, 0.717) is 6.42 Å². The maximum absolute atomic E-state index is 4.70. The van der Waals surface area contributed by atoms with Crippen LogP contribution in [-0.2, 0) is 13.5 Å². The van der Waals surface area contributed by atoms with Crippen LogP contribution < -0.4 is 5.32 Å². The summed E-state index contributed by atoms with van der Waals surface area (Å²) in [5.74, 6) is 1.84. The molecule has 3 aromatic rings. The minimum atomic E-state index is 0.689. The van der Waals surface area contributed by atoms with E-state index in [1.807, 2.05) is 32.3 Å². The van der Waals surface area contributed by atoms with Crippen molar-refractivity contribution in [3.63, 3.8) is 0 Å². The van der Waals surface area contributed by atoms with Gasteiger partial charge >= 0.3 is 0 Å². The highest BCUT2D eigenvalue weighted by Gasteiger charge is 2.13. The van der Waals surface area contributed by atoms with Gasteiger partial charge in [0.2, 0.25) is 0 Å². The molecule has 1 aromatic carbocycles. The Kier molecular flexibility index (Phi) is 3.33. The molecule has 0 fully saturated rings. The number of nitrogens with zero attached hydrogens (tertiary/aromatic N) is 4. The van der Waals surface area contributed by atoms with Crippen molar-refractivity contribution < 1.29 is 0 Å². The minimum Gasteiger partial charge on any atom is -0.371 e. The van der Waals surface area contributed by atoms with Crippen LogP contribution in [0.2, 0.25) is 0 Å². The molecular weight excluding hydrogens is 262 g/mol. The highest BCUT2D eigenvalue weighted by atomic mass is 15.2. The molecule has 2 aromatic heterocycles. The standard InChI is InChI=1S/C16H19N5/c1-10-11(2)16(17-3)20-19-13(10)9-15-18-12-7-5-6-8-14(12)21(15)4/h5-8H,9H2,1-4H3,(H,17,20). The molecule has 0 atom stereocenters. The summed E-state index contributed by atoms with van der Waals surface area (Å²) in [6.45, 7) is 4.15. The number of benzene rings is 1. The summed E-state index contributed by atoms with van der Waals surface area (Å²) in [4.78, 5) is 4.70. The second-order valence-electron chi connectivity index (χ2n) is 5.25. The fraction of sp³-hybridized carbons (Fsp3) is 0.312. The van der Waals surface area contributed by atoms with Gasteiger partial charge in [-0.3, -0.25) is 0 Å². The third-order valence-corrected chi connectivity index (χ3v) is 4.06. The van der Waals surface area contributed by atoms with E-state index in [-0.39, 0.29) is 0 Å². The lowest BCUT2D eigenvalue weighted by molar-refractivity contribution is 0.807. The van der Waals surface area contributed by atoms with Gasteiger partial charge in [0.05, 0.1) is 23.1 Å². The molecule has 2 heterocycles. The van der Waals surface area contributed by atoms with Crippen molar-refractivity contribution in [1.82, 2.24) is 19.7 Å². The molecule has 0 aliphatic heterocycles. The second-order valence-corrected chi connectivity index (χ2v) is 5.25. The van der Waals surface area contributed by atoms with Crippen molar-refractivity contribution in [3.8, 4) is 0 Å². The summed E-state index contributed by atoms with van der Waals surface area (Å²) in [5, 5.41) is 11.7. The van der Waals surface area contributed by atoms with Gasteiger partial charge in [0, 0.05) is 14.1 Å². The molecule has 0 radical (unpaired) electrons. The van der Waals surface area contributed by atoms with Crippen LogP contribution in [-0.4, -0.2) is 26.8 Å². The zero-order chi connectivity index (χ0) is 15.0. The van der Waals surface area contributed by atoms with Gasteiger partial charge in [-0.25, -0.2) is 4.98 Å². The molecule has 0 amide bonds. The van der Waals surface area contributed by atoms with Crippen LogP contribution in [0.4, 0.5) is 5.82 Å². The number of nitrogens with one attached hydrogen (secondary N) is 1. The number of anilines is 1. The molecule has 0 aliphatic carbocycles. The highest BCUT2D eigenvalue weighted by Crippen LogP contribution is 2.21. The van der Waals surface area contributed by atoms with Crippen molar-refractivity contribution in [2.45, 2.75) is 20.3 Å². The summed E-state index contributed by atoms with van der Waals surface area (Å²) in [5.41, 5.74) is 5.44. The summed E-state index contributed by atoms with van der Waals surface area (Å²) in [6.07, 6.45) is 0.689. The van der Waals surface area contributed by atoms with Crippen LogP contribution in [0.25, 0.3) is 11.0 Å². The van der Waals surface area contributed by atoms with E-state index in [2.05, 4.69) is 40.0 Å². The second kappa shape index (κ2) is 5.16. The van der Waals surface area contributed by atoms with Gasteiger partial charge in [-0.15, -0.1) is 5.10 Å². The lowest BCUT2D eigenvalue weighted by Crippen LogP contribution is -2.08. The van der Waals surface area contributed by atoms with E-state index in [1.165, 1.54) is 5.56 Å². The Balaban J connectivity index is 2.03. The van der Waals surface area contributed by atoms with Crippen molar-refractivity contribution >= 4 is 16.9 Å². The molecule has 0 aliphatic rings. The molecule has 0 saturated heterocycles. The number of para-hydroxylation sites is 2. The topological polar surface area (TPSA) is 55.6 Å². The lowest BCUT2D eigenvalue weighted by Gasteiger charge is -2.10. The lowest BCUT2D eigenvalue weighted by atomic mass is 10.1. The van der Waals surface area contributed by atoms with E-state index < -0.39 is 0 Å². The molecule has 0 spiro atoms. The molecule has 1 N–H and O–H groups in total. The molecule has 0 saturated carbocycles. The van der Waals surface area contributed by atoms with Gasteiger partial charge in [-0.1, -0.05) is 12.1 Å².